The smallest absolute Gasteiger partial charge is 0.223 e. The van der Waals surface area contributed by atoms with Crippen LogP contribution >= 0.6 is 0 Å². The normalized spacial score (nSPS) is 14.7. The molecule has 3 heteroatoms. The Hall–Kier alpha value is -1.51. The van der Waals surface area contributed by atoms with Gasteiger partial charge < -0.3 is 10.2 Å². The average molecular weight is 175 g/mol. The third-order valence-corrected chi connectivity index (χ3v) is 2.11. The van der Waals surface area contributed by atoms with Crippen molar-refractivity contribution < 1.29 is 4.79 Å². The zero-order valence-corrected chi connectivity index (χ0v) is 7.45. The number of nitrogens with one attached hydrogen (secondary N) is 1. The molecule has 1 radical (unpaired) electrons. The molecule has 0 fully saturated rings. The molecule has 1 amide bonds. The molecule has 0 unspecified atom stereocenters. The molecule has 0 atom stereocenters. The molecule has 1 heterocycles. The van der Waals surface area contributed by atoms with Gasteiger partial charge in [-0.3, -0.25) is 4.79 Å². The number of hydrogen-bond donors (Lipinski definition) is 1. The Morgan fingerprint density at radius 2 is 2.23 bits per heavy atom. The van der Waals surface area contributed by atoms with E-state index in [-0.39, 0.29) is 5.91 Å². The summed E-state index contributed by atoms with van der Waals surface area (Å²) >= 11 is 0. The lowest BCUT2D eigenvalue weighted by Gasteiger charge is -2.28. The first-order valence-electron chi connectivity index (χ1n) is 4.24. The number of rotatable bonds is 0. The summed E-state index contributed by atoms with van der Waals surface area (Å²) in [5, 5.41) is 3.13. The van der Waals surface area contributed by atoms with E-state index in [9.17, 15) is 4.79 Å². The number of benzene rings is 1. The van der Waals surface area contributed by atoms with Crippen molar-refractivity contribution in [3.05, 3.63) is 30.8 Å². The van der Waals surface area contributed by atoms with Gasteiger partial charge in [-0.15, -0.1) is 0 Å². The largest absolute Gasteiger partial charge is 0.377 e. The van der Waals surface area contributed by atoms with Crippen LogP contribution in [-0.2, 0) is 4.79 Å². The minimum atomic E-state index is 0.0743. The van der Waals surface area contributed by atoms with Gasteiger partial charge in [0.25, 0.3) is 0 Å². The van der Waals surface area contributed by atoms with Gasteiger partial charge in [0.1, 0.15) is 0 Å². The van der Waals surface area contributed by atoms with Gasteiger partial charge in [0, 0.05) is 13.5 Å². The third kappa shape index (κ3) is 1.37. The lowest BCUT2D eigenvalue weighted by Crippen LogP contribution is -2.34. The topological polar surface area (TPSA) is 32.3 Å². The Labute approximate surface area is 77.4 Å². The summed E-state index contributed by atoms with van der Waals surface area (Å²) in [7, 11) is 0. The number of fused-ring (bicyclic) bond motifs is 1. The molecule has 67 valence electrons. The average Bonchev–Trinajstić information content (AvgIpc) is 2.17. The van der Waals surface area contributed by atoms with Crippen LogP contribution in [0.3, 0.4) is 0 Å². The second-order valence-electron chi connectivity index (χ2n) is 3.00. The number of hydrogen-bond acceptors (Lipinski definition) is 2. The summed E-state index contributed by atoms with van der Waals surface area (Å²) in [6, 6.07) is 7.78. The molecule has 1 aliphatic rings. The molecular formula is C10H11N2O. The van der Waals surface area contributed by atoms with E-state index in [4.69, 9.17) is 0 Å². The number of nitrogens with zero attached hydrogens (tertiary/aromatic N) is 1. The van der Waals surface area contributed by atoms with Crippen molar-refractivity contribution in [3.63, 3.8) is 0 Å². The number of para-hydroxylation sites is 2. The molecular weight excluding hydrogens is 164 g/mol. The summed E-state index contributed by atoms with van der Waals surface area (Å²) < 4.78 is 0. The number of carbonyl (C=O) groups is 1. The van der Waals surface area contributed by atoms with Gasteiger partial charge in [-0.05, 0) is 12.1 Å². The van der Waals surface area contributed by atoms with Crippen molar-refractivity contribution in [1.82, 2.24) is 0 Å². The number of amides is 1. The van der Waals surface area contributed by atoms with Crippen LogP contribution in [0.25, 0.3) is 0 Å². The Kier molecular flexibility index (Phi) is 1.93. The maximum Gasteiger partial charge on any atom is 0.223 e. The quantitative estimate of drug-likeness (QED) is 0.650. The van der Waals surface area contributed by atoms with Crippen LogP contribution in [0.4, 0.5) is 11.4 Å². The Balaban J connectivity index is 2.42. The Morgan fingerprint density at radius 1 is 1.46 bits per heavy atom. The second kappa shape index (κ2) is 3.09. The van der Waals surface area contributed by atoms with Crippen molar-refractivity contribution in [3.8, 4) is 0 Å². The molecule has 1 aromatic carbocycles. The molecule has 0 aromatic heterocycles. The fourth-order valence-corrected chi connectivity index (χ4v) is 1.47. The van der Waals surface area contributed by atoms with E-state index in [0.717, 1.165) is 11.4 Å². The second-order valence-corrected chi connectivity index (χ2v) is 3.00. The summed E-state index contributed by atoms with van der Waals surface area (Å²) in [6.45, 7) is 4.09. The van der Waals surface area contributed by atoms with Crippen LogP contribution in [0.15, 0.2) is 24.3 Å². The zero-order valence-electron chi connectivity index (χ0n) is 7.45. The lowest BCUT2D eigenvalue weighted by atomic mass is 10.2. The van der Waals surface area contributed by atoms with Crippen LogP contribution < -0.4 is 10.2 Å². The standard InChI is InChI=1S/C10H11N2O/c1-8(13)12-7-6-11-9-4-2-3-5-10(9)12/h2-6,11H,7H2,1H3. The van der Waals surface area contributed by atoms with E-state index in [1.54, 1.807) is 11.8 Å². The Morgan fingerprint density at radius 3 is 3.00 bits per heavy atom. The predicted octanol–water partition coefficient (Wildman–Crippen LogP) is 1.63. The van der Waals surface area contributed by atoms with E-state index in [0.29, 0.717) is 6.54 Å². The molecule has 3 nitrogen and oxygen atoms in total. The molecule has 0 saturated carbocycles. The van der Waals surface area contributed by atoms with Crippen LogP contribution in [0.1, 0.15) is 6.92 Å². The highest BCUT2D eigenvalue weighted by atomic mass is 16.2. The zero-order chi connectivity index (χ0) is 9.26. The summed E-state index contributed by atoms with van der Waals surface area (Å²) in [4.78, 5) is 13.0. The van der Waals surface area contributed by atoms with Gasteiger partial charge in [-0.1, -0.05) is 12.1 Å². The van der Waals surface area contributed by atoms with Crippen LogP contribution in [0.5, 0.6) is 0 Å². The fraction of sp³-hybridized carbons (Fsp3) is 0.200. The fourth-order valence-electron chi connectivity index (χ4n) is 1.47. The van der Waals surface area contributed by atoms with Crippen molar-refractivity contribution in [2.24, 2.45) is 0 Å². The molecule has 1 N–H and O–H groups in total. The molecule has 2 rings (SSSR count). The van der Waals surface area contributed by atoms with E-state index in [1.807, 2.05) is 30.8 Å². The first kappa shape index (κ1) is 8.10. The highest BCUT2D eigenvalue weighted by molar-refractivity contribution is 5.96. The maximum atomic E-state index is 11.2. The molecule has 13 heavy (non-hydrogen) atoms. The van der Waals surface area contributed by atoms with Gasteiger partial charge in [-0.25, -0.2) is 0 Å². The molecule has 1 aliphatic heterocycles. The minimum Gasteiger partial charge on any atom is -0.377 e. The molecule has 0 bridgehead atoms. The first-order valence-corrected chi connectivity index (χ1v) is 4.24. The van der Waals surface area contributed by atoms with Crippen LogP contribution in [0.2, 0.25) is 0 Å². The summed E-state index contributed by atoms with van der Waals surface area (Å²) in [6.07, 6.45) is 0. The van der Waals surface area contributed by atoms with Crippen LogP contribution in [-0.4, -0.2) is 12.5 Å². The first-order chi connectivity index (χ1) is 6.29. The van der Waals surface area contributed by atoms with Gasteiger partial charge in [0.15, 0.2) is 0 Å². The molecule has 0 spiro atoms. The van der Waals surface area contributed by atoms with Gasteiger partial charge in [0.2, 0.25) is 5.91 Å². The summed E-state index contributed by atoms with van der Waals surface area (Å²) in [5.41, 5.74) is 1.95. The summed E-state index contributed by atoms with van der Waals surface area (Å²) in [5.74, 6) is 0.0743. The minimum absolute atomic E-state index is 0.0743. The van der Waals surface area contributed by atoms with Gasteiger partial charge >= 0.3 is 0 Å². The number of carbonyl (C=O) groups excluding carboxylic acids is 1. The highest BCUT2D eigenvalue weighted by Gasteiger charge is 2.18. The van der Waals surface area contributed by atoms with Crippen molar-refractivity contribution in [1.29, 1.82) is 0 Å². The molecule has 1 aromatic rings. The number of anilines is 2. The van der Waals surface area contributed by atoms with Gasteiger partial charge in [-0.2, -0.15) is 0 Å². The predicted molar refractivity (Wildman–Crippen MR) is 52.4 cm³/mol. The van der Waals surface area contributed by atoms with Crippen molar-refractivity contribution in [2.45, 2.75) is 6.92 Å². The third-order valence-electron chi connectivity index (χ3n) is 2.11. The molecule has 0 saturated heterocycles. The SMILES string of the molecule is CC(=O)N1C[CH]Nc2ccccc21. The van der Waals surface area contributed by atoms with E-state index in [1.165, 1.54) is 0 Å². The van der Waals surface area contributed by atoms with E-state index >= 15 is 0 Å². The van der Waals surface area contributed by atoms with E-state index in [2.05, 4.69) is 5.32 Å². The van der Waals surface area contributed by atoms with Crippen LogP contribution in [0, 0.1) is 6.54 Å². The Bertz CT molecular complexity index is 335. The lowest BCUT2D eigenvalue weighted by molar-refractivity contribution is -0.116. The van der Waals surface area contributed by atoms with Gasteiger partial charge in [0.05, 0.1) is 17.9 Å². The maximum absolute atomic E-state index is 11.2. The van der Waals surface area contributed by atoms with E-state index < -0.39 is 0 Å². The monoisotopic (exact) mass is 175 g/mol. The molecule has 0 aliphatic carbocycles. The van der Waals surface area contributed by atoms with Crippen molar-refractivity contribution in [2.75, 3.05) is 16.8 Å². The highest BCUT2D eigenvalue weighted by Crippen LogP contribution is 2.29. The van der Waals surface area contributed by atoms with Crippen molar-refractivity contribution >= 4 is 17.3 Å².